The van der Waals surface area contributed by atoms with Gasteiger partial charge in [0.05, 0.1) is 22.5 Å². The number of carbonyl (C=O) groups excluding carboxylic acids is 10. The van der Waals surface area contributed by atoms with Crippen molar-refractivity contribution in [3.8, 4) is 0 Å². The fourth-order valence-electron chi connectivity index (χ4n) is 13.1. The van der Waals surface area contributed by atoms with Gasteiger partial charge in [-0.25, -0.2) is 8.78 Å². The molecule has 3 unspecified atom stereocenters. The van der Waals surface area contributed by atoms with Crippen LogP contribution < -0.4 is 31.9 Å². The van der Waals surface area contributed by atoms with Gasteiger partial charge in [0.25, 0.3) is 24.1 Å². The Morgan fingerprint density at radius 3 is 2.13 bits per heavy atom. The predicted octanol–water partition coefficient (Wildman–Crippen LogP) is 4.11. The summed E-state index contributed by atoms with van der Waals surface area (Å²) in [6.45, 7) is 6.98. The first-order valence-corrected chi connectivity index (χ1v) is 32.4. The third kappa shape index (κ3) is 13.8. The molecule has 5 saturated heterocycles. The molecule has 6 atom stereocenters. The van der Waals surface area contributed by atoms with Crippen LogP contribution in [0.3, 0.4) is 0 Å². The lowest BCUT2D eigenvalue weighted by atomic mass is 9.79. The average Bonchev–Trinajstić information content (AvgIpc) is 1.57. The maximum atomic E-state index is 14.8. The molecule has 29 heteroatoms. The van der Waals surface area contributed by atoms with Crippen LogP contribution in [0.1, 0.15) is 126 Å². The van der Waals surface area contributed by atoms with Gasteiger partial charge in [-0.15, -0.1) is 11.3 Å². The number of piperidine rings is 2. The summed E-state index contributed by atoms with van der Waals surface area (Å²) in [5.74, 6) is -6.58. The fourth-order valence-corrected chi connectivity index (χ4v) is 14.5. The van der Waals surface area contributed by atoms with Crippen molar-refractivity contribution < 1.29 is 79.9 Å². The molecule has 6 aliphatic heterocycles. The molecule has 1 aromatic heterocycles. The van der Waals surface area contributed by atoms with Gasteiger partial charge in [0, 0.05) is 80.5 Å². The number of hydrogen-bond donors (Lipinski definition) is 7. The average molecular weight is 1290 g/mol. The van der Waals surface area contributed by atoms with Gasteiger partial charge in [0.15, 0.2) is 0 Å². The Bertz CT molecular complexity index is 3590. The second-order valence-corrected chi connectivity index (χ2v) is 27.9. The van der Waals surface area contributed by atoms with Crippen LogP contribution in [-0.2, 0) is 55.6 Å². The van der Waals surface area contributed by atoms with Crippen molar-refractivity contribution in [3.05, 3.63) is 99.4 Å². The van der Waals surface area contributed by atoms with Crippen LogP contribution in [-0.4, -0.2) is 177 Å². The Hall–Kier alpha value is -7.65. The van der Waals surface area contributed by atoms with Crippen LogP contribution >= 0.6 is 18.9 Å². The highest BCUT2D eigenvalue weighted by molar-refractivity contribution is 7.52. The van der Waals surface area contributed by atoms with E-state index in [9.17, 15) is 79.9 Å². The summed E-state index contributed by atoms with van der Waals surface area (Å²) in [5, 5.41) is 10.4. The molecule has 4 aromatic rings. The number of rotatable bonds is 19. The summed E-state index contributed by atoms with van der Waals surface area (Å²) < 4.78 is 69.1. The number of benzene rings is 3. The maximum absolute atomic E-state index is 14.8. The number of carbonyl (C=O) groups is 10. The number of halogens is 4. The zero-order valence-electron chi connectivity index (χ0n) is 49.6. The number of amides is 10. The molecule has 482 valence electrons. The van der Waals surface area contributed by atoms with E-state index in [1.807, 2.05) is 24.3 Å². The number of anilines is 1. The van der Waals surface area contributed by atoms with Crippen LogP contribution in [0.4, 0.5) is 23.2 Å². The Balaban J connectivity index is 0.813. The second kappa shape index (κ2) is 25.9. The van der Waals surface area contributed by atoms with Crippen LogP contribution in [0.25, 0.3) is 10.1 Å². The van der Waals surface area contributed by atoms with Gasteiger partial charge in [0.1, 0.15) is 30.2 Å². The van der Waals surface area contributed by atoms with E-state index in [1.54, 1.807) is 23.1 Å². The normalized spacial score (nSPS) is 22.2. The van der Waals surface area contributed by atoms with Crippen LogP contribution in [0, 0.1) is 11.8 Å². The quantitative estimate of drug-likeness (QED) is 0.0395. The van der Waals surface area contributed by atoms with E-state index in [2.05, 4.69) is 46.9 Å². The number of nitrogens with one attached hydrogen (secondary N) is 4. The monoisotopic (exact) mass is 1290 g/mol. The summed E-state index contributed by atoms with van der Waals surface area (Å²) in [6.07, 6.45) is -1.52. The first kappa shape index (κ1) is 65.3. The highest BCUT2D eigenvalue weighted by Gasteiger charge is 2.51. The molecular weight excluding hydrogens is 1220 g/mol. The van der Waals surface area contributed by atoms with Crippen LogP contribution in [0.5, 0.6) is 0 Å². The number of fused-ring (bicyclic) bond motifs is 3. The van der Waals surface area contributed by atoms with Crippen LogP contribution in [0.2, 0.25) is 0 Å². The van der Waals surface area contributed by atoms with Gasteiger partial charge < -0.3 is 46.2 Å². The van der Waals surface area contributed by atoms with E-state index >= 15 is 0 Å². The van der Waals surface area contributed by atoms with Crippen molar-refractivity contribution in [3.63, 3.8) is 0 Å². The van der Waals surface area contributed by atoms with E-state index in [-0.39, 0.29) is 107 Å². The van der Waals surface area contributed by atoms with Gasteiger partial charge in [-0.2, -0.15) is 8.78 Å². The van der Waals surface area contributed by atoms with Gasteiger partial charge in [0.2, 0.25) is 41.4 Å². The van der Waals surface area contributed by atoms with Crippen molar-refractivity contribution in [2.45, 2.75) is 139 Å². The molecule has 10 amide bonds. The molecule has 90 heavy (non-hydrogen) atoms. The van der Waals surface area contributed by atoms with E-state index in [4.69, 9.17) is 5.73 Å². The van der Waals surface area contributed by atoms with Gasteiger partial charge in [-0.05, 0) is 115 Å². The lowest BCUT2D eigenvalue weighted by molar-refractivity contribution is -0.145. The minimum absolute atomic E-state index is 0.00221. The van der Waals surface area contributed by atoms with E-state index in [0.717, 1.165) is 64.1 Å². The summed E-state index contributed by atoms with van der Waals surface area (Å²) in [4.78, 5) is 162. The van der Waals surface area contributed by atoms with Crippen molar-refractivity contribution >= 4 is 93.8 Å². The van der Waals surface area contributed by atoms with Crippen molar-refractivity contribution in [1.29, 1.82) is 0 Å². The Kier molecular flexibility index (Phi) is 18.8. The van der Waals surface area contributed by atoms with Crippen LogP contribution in [0.15, 0.2) is 66.7 Å². The Morgan fingerprint density at radius 2 is 1.48 bits per heavy atom. The summed E-state index contributed by atoms with van der Waals surface area (Å²) in [6, 6.07) is 9.35. The number of likely N-dealkylation sites (tertiary alicyclic amines) is 1. The molecule has 0 aliphatic carbocycles. The number of nitrogens with zero attached hydrogens (tertiary/aromatic N) is 5. The highest BCUT2D eigenvalue weighted by atomic mass is 32.1. The lowest BCUT2D eigenvalue weighted by Crippen LogP contribution is -2.63. The highest BCUT2D eigenvalue weighted by Crippen LogP contribution is 2.59. The first-order chi connectivity index (χ1) is 42.4. The molecule has 10 rings (SSSR count). The van der Waals surface area contributed by atoms with Crippen molar-refractivity contribution in [2.75, 3.05) is 50.7 Å². The zero-order valence-corrected chi connectivity index (χ0v) is 51.3. The summed E-state index contributed by atoms with van der Waals surface area (Å²) >= 11 is 0.810. The van der Waals surface area contributed by atoms with E-state index < -0.39 is 128 Å². The molecule has 0 bridgehead atoms. The minimum Gasteiger partial charge on any atom is -0.371 e. The van der Waals surface area contributed by atoms with Crippen molar-refractivity contribution in [2.24, 2.45) is 17.6 Å². The number of imide groups is 2. The lowest BCUT2D eigenvalue weighted by Gasteiger charge is -2.47. The number of nitrogens with two attached hydrogens (primary N) is 1. The Morgan fingerprint density at radius 1 is 0.789 bits per heavy atom. The standard InChI is InChI=1S/C61H71F4N10O13PS/c1-60(2,3)36-6-4-32(5-7-36)24-43(58(84)73-28-35(29-73)33-18-22-72(23-19-33)39-9-11-40-41(27-39)57(83)75(56(40)82)46-14-17-51(77)70-54(46)80)68-52(78)42(12-16-50(66)76)67-53(79)45-13-10-38-20-21-71(31-49(62)63)30-44(59(85)74(38)45)69-55(81)48-26-34-25-37(8-15-47(34)90-48)61(64,65)89(86,87)88/h4-9,11,15,25-27,33,35,38,42-46,49H,10,12-14,16-24,28-31H2,1-3H3,(H2,66,76)(H,67,79)(H,68,78)(H,69,81)(H,70,77,80)(H2,86,87,88)/t38-,42?,43?,44+,45+,46?/m1/s1. The second-order valence-electron chi connectivity index (χ2n) is 25.2. The number of hydrogen-bond acceptors (Lipinski definition) is 14. The number of alkyl halides is 4. The number of primary amides is 1. The molecule has 23 nitrogen and oxygen atoms in total. The van der Waals surface area contributed by atoms with E-state index in [0.29, 0.717) is 26.2 Å². The third-order valence-electron chi connectivity index (χ3n) is 18.1. The summed E-state index contributed by atoms with van der Waals surface area (Å²) in [5.41, 5.74) is 2.66. The Labute approximate surface area is 518 Å². The topological polar surface area (TPSA) is 319 Å². The molecule has 0 radical (unpaired) electrons. The molecular formula is C61H71F4N10O13PS. The molecule has 0 spiro atoms. The summed E-state index contributed by atoms with van der Waals surface area (Å²) in [7, 11) is -5.94. The molecule has 7 heterocycles. The largest absolute Gasteiger partial charge is 0.399 e. The van der Waals surface area contributed by atoms with Gasteiger partial charge in [-0.1, -0.05) is 51.1 Å². The number of thiophene rings is 1. The molecule has 3 aromatic carbocycles. The molecule has 0 saturated carbocycles. The predicted molar refractivity (Wildman–Crippen MR) is 319 cm³/mol. The molecule has 8 N–H and O–H groups in total. The zero-order chi connectivity index (χ0) is 64.9. The molecule has 5 fully saturated rings. The fraction of sp³-hybridized carbons (Fsp3) is 0.508. The minimum atomic E-state index is -5.94. The SMILES string of the molecule is CC(C)(C)c1ccc(CC(NC(=O)C(CCC(N)=O)NC(=O)[C@@H]2CC[C@@H]3CCN(CC(F)F)C[C@H](NC(=O)c4cc5cc(C(F)(F)P(=O)(O)O)ccc5s4)C(=O)N32)C(=O)N2CC(C3CCN(c4ccc5c(c4)C(=O)N(C4CCC(=O)NC4=O)C5=O)CC3)C2)cc1. The third-order valence-corrected chi connectivity index (χ3v) is 20.2. The van der Waals surface area contributed by atoms with Crippen molar-refractivity contribution in [1.82, 2.24) is 40.9 Å². The smallest absolute Gasteiger partial charge is 0.371 e. The van der Waals surface area contributed by atoms with E-state index in [1.165, 1.54) is 15.9 Å². The molecule has 6 aliphatic rings. The first-order valence-electron chi connectivity index (χ1n) is 29.9. The van der Waals surface area contributed by atoms with Gasteiger partial charge in [-0.3, -0.25) is 67.6 Å². The van der Waals surface area contributed by atoms with Gasteiger partial charge >= 0.3 is 13.3 Å². The maximum Gasteiger partial charge on any atom is 0.399 e.